The maximum absolute atomic E-state index is 13.0. The van der Waals surface area contributed by atoms with Gasteiger partial charge in [-0.25, -0.2) is 4.98 Å². The molecule has 0 aliphatic heterocycles. The van der Waals surface area contributed by atoms with Crippen molar-refractivity contribution in [1.82, 2.24) is 4.98 Å². The van der Waals surface area contributed by atoms with Crippen LogP contribution in [0.1, 0.15) is 0 Å². The van der Waals surface area contributed by atoms with Crippen LogP contribution in [-0.2, 0) is 9.47 Å². The van der Waals surface area contributed by atoms with Crippen LogP contribution in [0.4, 0.5) is 10.2 Å². The highest BCUT2D eigenvalue weighted by atomic mass is 19.1. The highest BCUT2D eigenvalue weighted by Gasteiger charge is 2.07. The van der Waals surface area contributed by atoms with Gasteiger partial charge in [0.15, 0.2) is 0 Å². The second-order valence-electron chi connectivity index (χ2n) is 3.29. The number of methoxy groups -OCH3 is 2. The van der Waals surface area contributed by atoms with Crippen LogP contribution < -0.4 is 4.90 Å². The van der Waals surface area contributed by atoms with Crippen LogP contribution in [-0.4, -0.2) is 45.5 Å². The van der Waals surface area contributed by atoms with Gasteiger partial charge >= 0.3 is 0 Å². The van der Waals surface area contributed by atoms with Gasteiger partial charge < -0.3 is 14.4 Å². The summed E-state index contributed by atoms with van der Waals surface area (Å²) in [6.45, 7) is 2.47. The highest BCUT2D eigenvalue weighted by Crippen LogP contribution is 2.10. The zero-order valence-corrected chi connectivity index (χ0v) is 9.65. The van der Waals surface area contributed by atoms with Crippen LogP contribution in [0, 0.1) is 5.95 Å². The van der Waals surface area contributed by atoms with Crippen LogP contribution in [0.2, 0.25) is 0 Å². The first kappa shape index (κ1) is 12.9. The Hall–Kier alpha value is -1.20. The van der Waals surface area contributed by atoms with Crippen LogP contribution in [0.25, 0.3) is 0 Å². The molecule has 0 amide bonds. The molecule has 0 fully saturated rings. The Balaban J connectivity index is 2.66. The van der Waals surface area contributed by atoms with Gasteiger partial charge in [0.25, 0.3) is 0 Å². The summed E-state index contributed by atoms with van der Waals surface area (Å²) < 4.78 is 23.0. The van der Waals surface area contributed by atoms with Gasteiger partial charge in [0.2, 0.25) is 5.95 Å². The summed E-state index contributed by atoms with van der Waals surface area (Å²) in [7, 11) is 3.26. The van der Waals surface area contributed by atoms with E-state index in [1.54, 1.807) is 26.4 Å². The third kappa shape index (κ3) is 4.12. The molecule has 1 heterocycles. The van der Waals surface area contributed by atoms with Crippen molar-refractivity contribution < 1.29 is 13.9 Å². The van der Waals surface area contributed by atoms with Gasteiger partial charge in [0.05, 0.1) is 13.2 Å². The second-order valence-corrected chi connectivity index (χ2v) is 3.29. The van der Waals surface area contributed by atoms with Crippen molar-refractivity contribution in [1.29, 1.82) is 0 Å². The maximum atomic E-state index is 13.0. The fourth-order valence-corrected chi connectivity index (χ4v) is 1.32. The first-order valence-corrected chi connectivity index (χ1v) is 5.13. The van der Waals surface area contributed by atoms with Gasteiger partial charge in [0, 0.05) is 27.3 Å². The number of rotatable bonds is 7. The molecule has 4 nitrogen and oxygen atoms in total. The standard InChI is InChI=1S/C11H17FN2O2/c1-15-8-6-14(7-9-16-2)11-5-3-4-10(12)13-11/h3-5H,6-9H2,1-2H3. The highest BCUT2D eigenvalue weighted by molar-refractivity contribution is 5.37. The van der Waals surface area contributed by atoms with E-state index in [0.29, 0.717) is 32.1 Å². The molecule has 0 aliphatic rings. The lowest BCUT2D eigenvalue weighted by atomic mass is 10.4. The number of anilines is 1. The van der Waals surface area contributed by atoms with Gasteiger partial charge in [-0.05, 0) is 12.1 Å². The fourth-order valence-electron chi connectivity index (χ4n) is 1.32. The third-order valence-electron chi connectivity index (χ3n) is 2.16. The number of halogens is 1. The summed E-state index contributed by atoms with van der Waals surface area (Å²) in [6, 6.07) is 4.74. The van der Waals surface area contributed by atoms with Crippen molar-refractivity contribution in [2.24, 2.45) is 0 Å². The summed E-state index contributed by atoms with van der Waals surface area (Å²) >= 11 is 0. The number of aromatic nitrogens is 1. The first-order chi connectivity index (χ1) is 7.77. The van der Waals surface area contributed by atoms with E-state index in [1.165, 1.54) is 6.07 Å². The Morgan fingerprint density at radius 3 is 2.31 bits per heavy atom. The number of hydrogen-bond acceptors (Lipinski definition) is 4. The Morgan fingerprint density at radius 2 is 1.81 bits per heavy atom. The van der Waals surface area contributed by atoms with Crippen LogP contribution in [0.3, 0.4) is 0 Å². The molecular formula is C11H17FN2O2. The molecule has 1 rings (SSSR count). The quantitative estimate of drug-likeness (QED) is 0.659. The molecule has 0 atom stereocenters. The summed E-state index contributed by atoms with van der Waals surface area (Å²) in [5.74, 6) is 0.131. The minimum Gasteiger partial charge on any atom is -0.383 e. The molecule has 0 aliphatic carbocycles. The lowest BCUT2D eigenvalue weighted by Crippen LogP contribution is -2.31. The SMILES string of the molecule is COCCN(CCOC)c1cccc(F)n1. The van der Waals surface area contributed by atoms with Gasteiger partial charge in [0.1, 0.15) is 5.82 Å². The van der Waals surface area contributed by atoms with E-state index in [1.807, 2.05) is 4.90 Å². The molecule has 0 saturated heterocycles. The molecule has 0 radical (unpaired) electrons. The number of nitrogens with zero attached hydrogens (tertiary/aromatic N) is 2. The predicted octanol–water partition coefficient (Wildman–Crippen LogP) is 1.32. The summed E-state index contributed by atoms with van der Waals surface area (Å²) in [5, 5.41) is 0. The average molecular weight is 228 g/mol. The molecule has 0 bridgehead atoms. The molecule has 0 spiro atoms. The van der Waals surface area contributed by atoms with E-state index in [0.717, 1.165) is 0 Å². The molecule has 16 heavy (non-hydrogen) atoms. The van der Waals surface area contributed by atoms with E-state index in [4.69, 9.17) is 9.47 Å². The van der Waals surface area contributed by atoms with Crippen molar-refractivity contribution in [3.8, 4) is 0 Å². The Morgan fingerprint density at radius 1 is 1.19 bits per heavy atom. The summed E-state index contributed by atoms with van der Waals surface area (Å²) in [4.78, 5) is 5.75. The van der Waals surface area contributed by atoms with Gasteiger partial charge in [-0.2, -0.15) is 4.39 Å². The molecule has 1 aromatic rings. The maximum Gasteiger partial charge on any atom is 0.214 e. The summed E-state index contributed by atoms with van der Waals surface area (Å²) in [5.41, 5.74) is 0. The van der Waals surface area contributed by atoms with Crippen LogP contribution in [0.5, 0.6) is 0 Å². The number of ether oxygens (including phenoxy) is 2. The normalized spacial score (nSPS) is 10.4. The van der Waals surface area contributed by atoms with Crippen molar-refractivity contribution in [2.45, 2.75) is 0 Å². The lowest BCUT2D eigenvalue weighted by molar-refractivity contribution is 0.190. The zero-order chi connectivity index (χ0) is 11.8. The predicted molar refractivity (Wildman–Crippen MR) is 60.2 cm³/mol. The smallest absolute Gasteiger partial charge is 0.214 e. The van der Waals surface area contributed by atoms with Crippen molar-refractivity contribution in [3.63, 3.8) is 0 Å². The molecule has 0 unspecified atom stereocenters. The largest absolute Gasteiger partial charge is 0.383 e. The second kappa shape index (κ2) is 7.14. The van der Waals surface area contributed by atoms with Crippen molar-refractivity contribution in [3.05, 3.63) is 24.1 Å². The minimum absolute atomic E-state index is 0.475. The Bertz CT molecular complexity index is 302. The Labute approximate surface area is 95.0 Å². The first-order valence-electron chi connectivity index (χ1n) is 5.13. The fraction of sp³-hybridized carbons (Fsp3) is 0.545. The Kier molecular flexibility index (Phi) is 5.74. The molecule has 0 saturated carbocycles. The van der Waals surface area contributed by atoms with Gasteiger partial charge in [-0.3, -0.25) is 0 Å². The molecule has 5 heteroatoms. The monoisotopic (exact) mass is 228 g/mol. The topological polar surface area (TPSA) is 34.6 Å². The molecule has 0 N–H and O–H groups in total. The van der Waals surface area contributed by atoms with Crippen molar-refractivity contribution in [2.75, 3.05) is 45.4 Å². The van der Waals surface area contributed by atoms with E-state index in [2.05, 4.69) is 4.98 Å². The van der Waals surface area contributed by atoms with Crippen LogP contribution >= 0.6 is 0 Å². The molecule has 1 aromatic heterocycles. The summed E-state index contributed by atoms with van der Waals surface area (Å²) in [6.07, 6.45) is 0. The van der Waals surface area contributed by atoms with Crippen molar-refractivity contribution >= 4 is 5.82 Å². The van der Waals surface area contributed by atoms with E-state index in [9.17, 15) is 4.39 Å². The minimum atomic E-state index is -0.475. The molecular weight excluding hydrogens is 211 g/mol. The van der Waals surface area contributed by atoms with Gasteiger partial charge in [-0.15, -0.1) is 0 Å². The third-order valence-corrected chi connectivity index (χ3v) is 2.16. The lowest BCUT2D eigenvalue weighted by Gasteiger charge is -2.22. The average Bonchev–Trinajstić information content (AvgIpc) is 2.29. The van der Waals surface area contributed by atoms with E-state index < -0.39 is 5.95 Å². The van der Waals surface area contributed by atoms with E-state index >= 15 is 0 Å². The molecule has 0 aromatic carbocycles. The molecule has 90 valence electrons. The number of hydrogen-bond donors (Lipinski definition) is 0. The van der Waals surface area contributed by atoms with E-state index in [-0.39, 0.29) is 0 Å². The number of pyridine rings is 1. The van der Waals surface area contributed by atoms with Crippen LogP contribution in [0.15, 0.2) is 18.2 Å². The zero-order valence-electron chi connectivity index (χ0n) is 9.65. The van der Waals surface area contributed by atoms with Gasteiger partial charge in [-0.1, -0.05) is 6.07 Å².